The van der Waals surface area contributed by atoms with E-state index in [9.17, 15) is 4.79 Å². The monoisotopic (exact) mass is 342 g/mol. The molecule has 5 nitrogen and oxygen atoms in total. The summed E-state index contributed by atoms with van der Waals surface area (Å²) in [6.07, 6.45) is 0. The van der Waals surface area contributed by atoms with Crippen LogP contribution in [0.15, 0.2) is 28.4 Å². The maximum atomic E-state index is 13.0. The first-order valence-electron chi connectivity index (χ1n) is 8.10. The van der Waals surface area contributed by atoms with E-state index in [1.165, 1.54) is 22.5 Å². The average molecular weight is 342 g/mol. The van der Waals surface area contributed by atoms with Crippen LogP contribution in [0.4, 0.5) is 5.95 Å². The van der Waals surface area contributed by atoms with E-state index in [-0.39, 0.29) is 5.56 Å². The van der Waals surface area contributed by atoms with Crippen LogP contribution in [-0.2, 0) is 6.54 Å². The second-order valence-corrected chi connectivity index (χ2v) is 6.69. The number of nitrogens with zero attached hydrogens (tertiary/aromatic N) is 2. The SMILES string of the molecule is CCn1c(NCCN)nc2scc(-c3ccc(C)c(C)c3)c2c1=O. The second kappa shape index (κ2) is 6.75. The average Bonchev–Trinajstić information content (AvgIpc) is 2.99. The summed E-state index contributed by atoms with van der Waals surface area (Å²) in [4.78, 5) is 18.4. The molecule has 126 valence electrons. The number of hydrogen-bond donors (Lipinski definition) is 2. The molecule has 3 rings (SSSR count). The maximum absolute atomic E-state index is 13.0. The molecule has 1 aromatic carbocycles. The van der Waals surface area contributed by atoms with Gasteiger partial charge in [0.05, 0.1) is 5.39 Å². The third-order valence-electron chi connectivity index (χ3n) is 4.26. The Balaban J connectivity index is 2.21. The van der Waals surface area contributed by atoms with Crippen molar-refractivity contribution in [2.24, 2.45) is 5.73 Å². The number of nitrogens with two attached hydrogens (primary N) is 1. The van der Waals surface area contributed by atoms with Crippen molar-refractivity contribution in [2.75, 3.05) is 18.4 Å². The summed E-state index contributed by atoms with van der Waals surface area (Å²) in [5.41, 5.74) is 10.0. The Morgan fingerprint density at radius 3 is 2.75 bits per heavy atom. The zero-order valence-corrected chi connectivity index (χ0v) is 15.0. The molecular formula is C18H22N4OS. The first-order valence-corrected chi connectivity index (χ1v) is 8.98. The predicted octanol–water partition coefficient (Wildman–Crippen LogP) is 3.13. The Morgan fingerprint density at radius 1 is 1.29 bits per heavy atom. The molecular weight excluding hydrogens is 320 g/mol. The molecule has 0 aliphatic carbocycles. The molecule has 3 aromatic rings. The lowest BCUT2D eigenvalue weighted by molar-refractivity contribution is 0.722. The molecule has 0 saturated carbocycles. The van der Waals surface area contributed by atoms with Crippen LogP contribution in [0.1, 0.15) is 18.1 Å². The van der Waals surface area contributed by atoms with E-state index < -0.39 is 0 Å². The summed E-state index contributed by atoms with van der Waals surface area (Å²) < 4.78 is 1.68. The molecule has 0 fully saturated rings. The van der Waals surface area contributed by atoms with E-state index in [0.717, 1.165) is 16.0 Å². The summed E-state index contributed by atoms with van der Waals surface area (Å²) in [5, 5.41) is 5.87. The number of thiophene rings is 1. The Morgan fingerprint density at radius 2 is 2.08 bits per heavy atom. The molecule has 2 heterocycles. The van der Waals surface area contributed by atoms with Gasteiger partial charge < -0.3 is 11.1 Å². The molecule has 0 radical (unpaired) electrons. The van der Waals surface area contributed by atoms with E-state index in [1.807, 2.05) is 12.3 Å². The van der Waals surface area contributed by atoms with Crippen LogP contribution >= 0.6 is 11.3 Å². The molecule has 6 heteroatoms. The van der Waals surface area contributed by atoms with E-state index in [0.29, 0.717) is 31.0 Å². The van der Waals surface area contributed by atoms with Gasteiger partial charge in [0.25, 0.3) is 5.56 Å². The highest BCUT2D eigenvalue weighted by Gasteiger charge is 2.16. The third-order valence-corrected chi connectivity index (χ3v) is 5.13. The molecule has 0 atom stereocenters. The van der Waals surface area contributed by atoms with Gasteiger partial charge in [0.15, 0.2) is 0 Å². The summed E-state index contributed by atoms with van der Waals surface area (Å²) in [5.74, 6) is 0.592. The van der Waals surface area contributed by atoms with Crippen LogP contribution in [0.25, 0.3) is 21.3 Å². The maximum Gasteiger partial charge on any atom is 0.264 e. The van der Waals surface area contributed by atoms with Gasteiger partial charge in [-0.3, -0.25) is 9.36 Å². The fourth-order valence-electron chi connectivity index (χ4n) is 2.76. The van der Waals surface area contributed by atoms with Crippen LogP contribution < -0.4 is 16.6 Å². The lowest BCUT2D eigenvalue weighted by Crippen LogP contribution is -2.26. The van der Waals surface area contributed by atoms with Crippen molar-refractivity contribution in [3.8, 4) is 11.1 Å². The Labute approximate surface area is 145 Å². The molecule has 0 saturated heterocycles. The zero-order valence-electron chi connectivity index (χ0n) is 14.2. The van der Waals surface area contributed by atoms with Crippen molar-refractivity contribution >= 4 is 27.5 Å². The first-order chi connectivity index (χ1) is 11.6. The van der Waals surface area contributed by atoms with Crippen LogP contribution in [0.3, 0.4) is 0 Å². The number of benzene rings is 1. The molecule has 0 spiro atoms. The van der Waals surface area contributed by atoms with Gasteiger partial charge in [-0.05, 0) is 37.5 Å². The predicted molar refractivity (Wildman–Crippen MR) is 102 cm³/mol. The van der Waals surface area contributed by atoms with E-state index in [4.69, 9.17) is 5.73 Å². The van der Waals surface area contributed by atoms with Crippen LogP contribution in [-0.4, -0.2) is 22.6 Å². The minimum atomic E-state index is -0.00324. The van der Waals surface area contributed by atoms with Crippen LogP contribution in [0, 0.1) is 13.8 Å². The number of aromatic nitrogens is 2. The van der Waals surface area contributed by atoms with Gasteiger partial charge >= 0.3 is 0 Å². The Hall–Kier alpha value is -2.18. The van der Waals surface area contributed by atoms with Crippen LogP contribution in [0.5, 0.6) is 0 Å². The quantitative estimate of drug-likeness (QED) is 0.747. The summed E-state index contributed by atoms with van der Waals surface area (Å²) >= 11 is 1.50. The molecule has 0 bridgehead atoms. The van der Waals surface area contributed by atoms with Crippen molar-refractivity contribution < 1.29 is 0 Å². The third kappa shape index (κ3) is 2.83. The second-order valence-electron chi connectivity index (χ2n) is 5.83. The van der Waals surface area contributed by atoms with Crippen LogP contribution in [0.2, 0.25) is 0 Å². The first kappa shape index (κ1) is 16.7. The standard InChI is InChI=1S/C18H22N4OS/c1-4-22-17(23)15-14(13-6-5-11(2)12(3)9-13)10-24-16(15)21-18(22)20-8-7-19/h5-6,9-10H,4,7-8,19H2,1-3H3,(H,20,21). The van der Waals surface area contributed by atoms with E-state index in [2.05, 4.69) is 42.3 Å². The minimum Gasteiger partial charge on any atom is -0.354 e. The van der Waals surface area contributed by atoms with Gasteiger partial charge in [0.2, 0.25) is 5.95 Å². The highest BCUT2D eigenvalue weighted by Crippen LogP contribution is 2.32. The lowest BCUT2D eigenvalue weighted by atomic mass is 10.0. The van der Waals surface area contributed by atoms with Gasteiger partial charge in [0, 0.05) is 30.6 Å². The number of hydrogen-bond acceptors (Lipinski definition) is 5. The summed E-state index contributed by atoms with van der Waals surface area (Å²) in [6, 6.07) is 6.30. The molecule has 2 aromatic heterocycles. The number of rotatable bonds is 5. The molecule has 3 N–H and O–H groups in total. The van der Waals surface area contributed by atoms with Gasteiger partial charge in [-0.15, -0.1) is 11.3 Å². The van der Waals surface area contributed by atoms with Gasteiger partial charge in [-0.1, -0.05) is 18.2 Å². The van der Waals surface area contributed by atoms with E-state index in [1.54, 1.807) is 4.57 Å². The highest BCUT2D eigenvalue weighted by molar-refractivity contribution is 7.17. The number of anilines is 1. The number of nitrogens with one attached hydrogen (secondary N) is 1. The highest BCUT2D eigenvalue weighted by atomic mass is 32.1. The van der Waals surface area contributed by atoms with Crippen molar-refractivity contribution in [3.05, 3.63) is 45.1 Å². The Bertz CT molecular complexity index is 942. The Kier molecular flexibility index (Phi) is 4.69. The van der Waals surface area contributed by atoms with Gasteiger partial charge in [-0.25, -0.2) is 4.98 Å². The topological polar surface area (TPSA) is 72.9 Å². The molecule has 0 aliphatic heterocycles. The molecule has 0 amide bonds. The summed E-state index contributed by atoms with van der Waals surface area (Å²) in [7, 11) is 0. The summed E-state index contributed by atoms with van der Waals surface area (Å²) in [6.45, 7) is 7.78. The number of aryl methyl sites for hydroxylation is 2. The van der Waals surface area contributed by atoms with Crippen molar-refractivity contribution in [1.29, 1.82) is 0 Å². The largest absolute Gasteiger partial charge is 0.354 e. The lowest BCUT2D eigenvalue weighted by Gasteiger charge is -2.12. The molecule has 0 unspecified atom stereocenters. The minimum absolute atomic E-state index is 0.00324. The van der Waals surface area contributed by atoms with Crippen molar-refractivity contribution in [2.45, 2.75) is 27.3 Å². The fourth-order valence-corrected chi connectivity index (χ4v) is 3.70. The van der Waals surface area contributed by atoms with Gasteiger partial charge in [0.1, 0.15) is 4.83 Å². The van der Waals surface area contributed by atoms with E-state index >= 15 is 0 Å². The fraction of sp³-hybridized carbons (Fsp3) is 0.333. The number of fused-ring (bicyclic) bond motifs is 1. The van der Waals surface area contributed by atoms with Crippen molar-refractivity contribution in [3.63, 3.8) is 0 Å². The van der Waals surface area contributed by atoms with Crippen molar-refractivity contribution in [1.82, 2.24) is 9.55 Å². The smallest absolute Gasteiger partial charge is 0.264 e. The molecule has 24 heavy (non-hydrogen) atoms. The molecule has 0 aliphatic rings. The zero-order chi connectivity index (χ0) is 17.3. The van der Waals surface area contributed by atoms with Gasteiger partial charge in [-0.2, -0.15) is 0 Å². The normalized spacial score (nSPS) is 11.2.